The number of likely N-dealkylation sites (N-methyl/N-ethyl adjacent to an activating group) is 1. The van der Waals surface area contributed by atoms with E-state index in [9.17, 15) is 0 Å². The number of methoxy groups -OCH3 is 1. The van der Waals surface area contributed by atoms with Gasteiger partial charge in [-0.3, -0.25) is 0 Å². The average Bonchev–Trinajstić information content (AvgIpc) is 2.67. The summed E-state index contributed by atoms with van der Waals surface area (Å²) < 4.78 is 6.90. The van der Waals surface area contributed by atoms with Crippen LogP contribution >= 0.6 is 27.3 Å². The molecule has 0 saturated heterocycles. The fraction of sp³-hybridized carbons (Fsp3) is 0.692. The molecule has 0 amide bonds. The summed E-state index contributed by atoms with van der Waals surface area (Å²) in [5.74, 6) is 0. The maximum Gasteiger partial charge on any atom is 0.0693 e. The van der Waals surface area contributed by atoms with Crippen LogP contribution in [0.1, 0.15) is 30.6 Å². The van der Waals surface area contributed by atoms with E-state index in [1.165, 1.54) is 28.6 Å². The van der Waals surface area contributed by atoms with Gasteiger partial charge >= 0.3 is 0 Å². The van der Waals surface area contributed by atoms with E-state index < -0.39 is 0 Å². The van der Waals surface area contributed by atoms with Gasteiger partial charge in [0.15, 0.2) is 0 Å². The molecule has 4 heteroatoms. The van der Waals surface area contributed by atoms with Crippen LogP contribution in [-0.4, -0.2) is 25.8 Å². The van der Waals surface area contributed by atoms with Crippen molar-refractivity contribution >= 4 is 27.3 Å². The Morgan fingerprint density at radius 1 is 1.59 bits per heavy atom. The van der Waals surface area contributed by atoms with Crippen molar-refractivity contribution in [2.45, 2.75) is 43.7 Å². The van der Waals surface area contributed by atoms with Crippen LogP contribution in [0.2, 0.25) is 0 Å². The lowest BCUT2D eigenvalue weighted by Gasteiger charge is -2.42. The lowest BCUT2D eigenvalue weighted by Crippen LogP contribution is -2.45. The van der Waals surface area contributed by atoms with Gasteiger partial charge in [0.1, 0.15) is 0 Å². The number of ether oxygens (including phenoxy) is 1. The molecule has 1 N–H and O–H groups in total. The highest BCUT2D eigenvalue weighted by Crippen LogP contribution is 2.39. The Kier molecular flexibility index (Phi) is 4.64. The molecule has 1 aromatic rings. The van der Waals surface area contributed by atoms with Crippen LogP contribution in [0.25, 0.3) is 0 Å². The van der Waals surface area contributed by atoms with Crippen LogP contribution < -0.4 is 5.32 Å². The van der Waals surface area contributed by atoms with Gasteiger partial charge in [0.2, 0.25) is 0 Å². The van der Waals surface area contributed by atoms with Gasteiger partial charge in [-0.2, -0.15) is 0 Å². The number of nitrogens with one attached hydrogen (secondary N) is 1. The number of thiophene rings is 1. The molecular formula is C13H20BrNOS. The third kappa shape index (κ3) is 3.31. The highest BCUT2D eigenvalue weighted by molar-refractivity contribution is 9.10. The van der Waals surface area contributed by atoms with E-state index in [0.29, 0.717) is 6.04 Å². The second-order valence-corrected chi connectivity index (χ2v) is 6.78. The monoisotopic (exact) mass is 317 g/mol. The van der Waals surface area contributed by atoms with Crippen molar-refractivity contribution in [3.05, 3.63) is 20.8 Å². The highest BCUT2D eigenvalue weighted by Gasteiger charge is 2.38. The number of rotatable bonds is 6. The van der Waals surface area contributed by atoms with Crippen molar-refractivity contribution in [3.63, 3.8) is 0 Å². The lowest BCUT2D eigenvalue weighted by atomic mass is 9.75. The molecule has 2 nitrogen and oxygen atoms in total. The van der Waals surface area contributed by atoms with E-state index in [0.717, 1.165) is 12.8 Å². The summed E-state index contributed by atoms with van der Waals surface area (Å²) in [6.07, 6.45) is 5.97. The summed E-state index contributed by atoms with van der Waals surface area (Å²) >= 11 is 5.33. The van der Waals surface area contributed by atoms with Gasteiger partial charge in [-0.25, -0.2) is 0 Å². The lowest BCUT2D eigenvalue weighted by molar-refractivity contribution is -0.0830. The molecule has 1 aliphatic rings. The predicted molar refractivity (Wildman–Crippen MR) is 76.8 cm³/mol. The van der Waals surface area contributed by atoms with Gasteiger partial charge < -0.3 is 10.1 Å². The van der Waals surface area contributed by atoms with Crippen molar-refractivity contribution in [3.8, 4) is 0 Å². The summed E-state index contributed by atoms with van der Waals surface area (Å²) in [6, 6.07) is 2.73. The Balaban J connectivity index is 1.92. The number of hydrogen-bond donors (Lipinski definition) is 1. The minimum absolute atomic E-state index is 0.155. The van der Waals surface area contributed by atoms with Gasteiger partial charge in [0.25, 0.3) is 0 Å². The zero-order chi connectivity index (χ0) is 12.3. The maximum atomic E-state index is 5.70. The quantitative estimate of drug-likeness (QED) is 0.865. The van der Waals surface area contributed by atoms with Crippen LogP contribution in [0.4, 0.5) is 0 Å². The van der Waals surface area contributed by atoms with E-state index in [1.54, 1.807) is 0 Å². The zero-order valence-electron chi connectivity index (χ0n) is 10.5. The molecule has 1 fully saturated rings. The van der Waals surface area contributed by atoms with Crippen LogP contribution in [0.3, 0.4) is 0 Å². The number of halogens is 1. The van der Waals surface area contributed by atoms with Crippen LogP contribution in [-0.2, 0) is 11.2 Å². The summed E-state index contributed by atoms with van der Waals surface area (Å²) in [4.78, 5) is 1.43. The molecule has 1 aliphatic carbocycles. The molecule has 0 bridgehead atoms. The predicted octanol–water partition coefficient (Wildman–Crippen LogP) is 3.60. The first-order valence-electron chi connectivity index (χ1n) is 6.13. The van der Waals surface area contributed by atoms with Crippen molar-refractivity contribution in [1.82, 2.24) is 5.32 Å². The molecule has 0 spiro atoms. The topological polar surface area (TPSA) is 21.3 Å². The molecule has 17 heavy (non-hydrogen) atoms. The van der Waals surface area contributed by atoms with Gasteiger partial charge in [-0.15, -0.1) is 11.3 Å². The third-order valence-corrected chi connectivity index (χ3v) is 5.51. The van der Waals surface area contributed by atoms with Crippen LogP contribution in [0, 0.1) is 0 Å². The highest BCUT2D eigenvalue weighted by atomic mass is 79.9. The molecule has 1 atom stereocenters. The molecule has 1 aromatic heterocycles. The smallest absolute Gasteiger partial charge is 0.0693 e. The Morgan fingerprint density at radius 2 is 2.35 bits per heavy atom. The van der Waals surface area contributed by atoms with Crippen LogP contribution in [0.5, 0.6) is 0 Å². The maximum absolute atomic E-state index is 5.70. The normalized spacial score (nSPS) is 19.9. The summed E-state index contributed by atoms with van der Waals surface area (Å²) in [7, 11) is 3.91. The Morgan fingerprint density at radius 3 is 2.76 bits per heavy atom. The molecule has 0 radical (unpaired) electrons. The molecule has 0 aromatic carbocycles. The summed E-state index contributed by atoms with van der Waals surface area (Å²) in [6.45, 7) is 0. The summed E-state index contributed by atoms with van der Waals surface area (Å²) in [5, 5.41) is 5.58. The van der Waals surface area contributed by atoms with Crippen molar-refractivity contribution in [2.75, 3.05) is 14.2 Å². The molecule has 1 saturated carbocycles. The first-order chi connectivity index (χ1) is 8.17. The first-order valence-corrected chi connectivity index (χ1v) is 7.80. The second kappa shape index (κ2) is 5.83. The molecule has 96 valence electrons. The van der Waals surface area contributed by atoms with Crippen molar-refractivity contribution in [2.24, 2.45) is 0 Å². The largest absolute Gasteiger partial charge is 0.378 e. The SMILES string of the molecule is CNC(Cc1cc(Br)cs1)CC1(OC)CCC1. The fourth-order valence-electron chi connectivity index (χ4n) is 2.49. The molecule has 2 rings (SSSR count). The molecule has 1 unspecified atom stereocenters. The minimum atomic E-state index is 0.155. The molecule has 1 heterocycles. The second-order valence-electron chi connectivity index (χ2n) is 4.87. The summed E-state index contributed by atoms with van der Waals surface area (Å²) in [5.41, 5.74) is 0.155. The molecular weight excluding hydrogens is 298 g/mol. The third-order valence-electron chi connectivity index (χ3n) is 3.79. The Hall–Kier alpha value is 0.1000. The molecule has 0 aliphatic heterocycles. The average molecular weight is 318 g/mol. The van der Waals surface area contributed by atoms with E-state index >= 15 is 0 Å². The van der Waals surface area contributed by atoms with Gasteiger partial charge in [-0.1, -0.05) is 0 Å². The standard InChI is InChI=1S/C13H20BrNOS/c1-15-11(7-12-6-10(14)9-17-12)8-13(16-2)4-3-5-13/h6,9,11,15H,3-5,7-8H2,1-2H3. The van der Waals surface area contributed by atoms with E-state index in [2.05, 4.69) is 39.7 Å². The van der Waals surface area contributed by atoms with E-state index in [4.69, 9.17) is 4.74 Å². The van der Waals surface area contributed by atoms with E-state index in [-0.39, 0.29) is 5.60 Å². The van der Waals surface area contributed by atoms with Crippen molar-refractivity contribution < 1.29 is 4.74 Å². The van der Waals surface area contributed by atoms with Crippen molar-refractivity contribution in [1.29, 1.82) is 0 Å². The van der Waals surface area contributed by atoms with Crippen LogP contribution in [0.15, 0.2) is 15.9 Å². The Bertz CT molecular complexity index is 357. The Labute approximate surface area is 116 Å². The van der Waals surface area contributed by atoms with E-state index in [1.807, 2.05) is 18.4 Å². The van der Waals surface area contributed by atoms with Gasteiger partial charge in [0.05, 0.1) is 5.60 Å². The van der Waals surface area contributed by atoms with Gasteiger partial charge in [-0.05, 0) is 61.1 Å². The number of hydrogen-bond acceptors (Lipinski definition) is 3. The first kappa shape index (κ1) is 13.5. The fourth-order valence-corrected chi connectivity index (χ4v) is 4.02. The zero-order valence-corrected chi connectivity index (χ0v) is 12.9. The van der Waals surface area contributed by atoms with Gasteiger partial charge in [0, 0.05) is 27.9 Å². The minimum Gasteiger partial charge on any atom is -0.378 e.